The van der Waals surface area contributed by atoms with Gasteiger partial charge in [0.05, 0.1) is 17.5 Å². The number of rotatable bonds is 4. The Morgan fingerprint density at radius 2 is 2.12 bits per heavy atom. The third-order valence-electron chi connectivity index (χ3n) is 2.40. The zero-order valence-electron chi connectivity index (χ0n) is 9.68. The van der Waals surface area contributed by atoms with Crippen molar-refractivity contribution < 1.29 is 9.15 Å². The molecule has 0 aliphatic heterocycles. The molecule has 5 heteroatoms. The molecule has 0 N–H and O–H groups in total. The molecule has 17 heavy (non-hydrogen) atoms. The van der Waals surface area contributed by atoms with Gasteiger partial charge in [-0.15, -0.1) is 10.2 Å². The van der Waals surface area contributed by atoms with Crippen molar-refractivity contribution in [2.45, 2.75) is 18.2 Å². The molecule has 0 fully saturated rings. The number of ether oxygens (including phenoxy) is 1. The Morgan fingerprint density at radius 1 is 1.35 bits per heavy atom. The second-order valence-corrected chi connectivity index (χ2v) is 4.63. The lowest BCUT2D eigenvalue weighted by atomic mass is 10.2. The zero-order valence-corrected chi connectivity index (χ0v) is 11.3. The van der Waals surface area contributed by atoms with Crippen molar-refractivity contribution in [3.8, 4) is 17.2 Å². The largest absolute Gasteiger partial charge is 0.496 e. The van der Waals surface area contributed by atoms with Crippen molar-refractivity contribution in [3.63, 3.8) is 0 Å². The van der Waals surface area contributed by atoms with Crippen LogP contribution in [0.2, 0.25) is 0 Å². The normalized spacial score (nSPS) is 12.4. The maximum Gasteiger partial charge on any atom is 0.251 e. The summed E-state index contributed by atoms with van der Waals surface area (Å²) >= 11 is 3.48. The fourth-order valence-corrected chi connectivity index (χ4v) is 1.65. The van der Waals surface area contributed by atoms with E-state index in [9.17, 15) is 0 Å². The molecule has 1 aromatic heterocycles. The summed E-state index contributed by atoms with van der Waals surface area (Å²) in [6, 6.07) is 7.57. The molecule has 0 bridgehead atoms. The van der Waals surface area contributed by atoms with Crippen LogP contribution in [0.1, 0.15) is 24.1 Å². The summed E-state index contributed by atoms with van der Waals surface area (Å²) in [4.78, 5) is 0.0958. The average Bonchev–Trinajstić information content (AvgIpc) is 2.87. The van der Waals surface area contributed by atoms with E-state index < -0.39 is 0 Å². The smallest absolute Gasteiger partial charge is 0.251 e. The van der Waals surface area contributed by atoms with Crippen LogP contribution in [0.15, 0.2) is 28.7 Å². The van der Waals surface area contributed by atoms with Gasteiger partial charge in [-0.1, -0.05) is 35.0 Å². The molecule has 1 aromatic carbocycles. The molecule has 1 heterocycles. The van der Waals surface area contributed by atoms with Gasteiger partial charge in [-0.3, -0.25) is 0 Å². The van der Waals surface area contributed by atoms with Gasteiger partial charge in [-0.05, 0) is 18.6 Å². The maximum atomic E-state index is 5.62. The van der Waals surface area contributed by atoms with Crippen LogP contribution in [0, 0.1) is 0 Å². The summed E-state index contributed by atoms with van der Waals surface area (Å²) in [6.07, 6.45) is 0.896. The van der Waals surface area contributed by atoms with E-state index in [0.29, 0.717) is 11.8 Å². The Bertz CT molecular complexity index is 499. The molecule has 0 saturated carbocycles. The molecule has 90 valence electrons. The summed E-state index contributed by atoms with van der Waals surface area (Å²) in [7, 11) is 1.62. The van der Waals surface area contributed by atoms with E-state index in [4.69, 9.17) is 9.15 Å². The van der Waals surface area contributed by atoms with Crippen molar-refractivity contribution in [3.05, 3.63) is 30.2 Å². The Morgan fingerprint density at radius 3 is 2.82 bits per heavy atom. The molecule has 0 spiro atoms. The topological polar surface area (TPSA) is 48.2 Å². The molecule has 4 nitrogen and oxygen atoms in total. The first kappa shape index (κ1) is 12.1. The highest BCUT2D eigenvalue weighted by Crippen LogP contribution is 2.31. The van der Waals surface area contributed by atoms with Gasteiger partial charge in [-0.2, -0.15) is 0 Å². The Kier molecular flexibility index (Phi) is 3.78. The van der Waals surface area contributed by atoms with Gasteiger partial charge in [0.1, 0.15) is 5.75 Å². The lowest BCUT2D eigenvalue weighted by Crippen LogP contribution is -1.87. The molecule has 0 aliphatic carbocycles. The summed E-state index contributed by atoms with van der Waals surface area (Å²) in [5.41, 5.74) is 0.810. The Labute approximate surface area is 108 Å². The van der Waals surface area contributed by atoms with Gasteiger partial charge in [0.15, 0.2) is 0 Å². The van der Waals surface area contributed by atoms with E-state index in [0.717, 1.165) is 17.7 Å². The summed E-state index contributed by atoms with van der Waals surface area (Å²) in [5, 5.41) is 8.06. The molecular formula is C12H13BrN2O2. The van der Waals surface area contributed by atoms with Crippen molar-refractivity contribution in [1.82, 2.24) is 10.2 Å². The number of hydrogen-bond acceptors (Lipinski definition) is 4. The summed E-state index contributed by atoms with van der Waals surface area (Å²) < 4.78 is 10.9. The van der Waals surface area contributed by atoms with E-state index in [1.165, 1.54) is 0 Å². The Balaban J connectivity index is 2.37. The number of hydrogen-bond donors (Lipinski definition) is 0. The predicted octanol–water partition coefficient (Wildman–Crippen LogP) is 3.59. The van der Waals surface area contributed by atoms with Gasteiger partial charge in [0.25, 0.3) is 5.89 Å². The van der Waals surface area contributed by atoms with Gasteiger partial charge in [0.2, 0.25) is 5.89 Å². The quantitative estimate of drug-likeness (QED) is 0.809. The molecule has 1 unspecified atom stereocenters. The number of benzene rings is 1. The third kappa shape index (κ3) is 2.49. The third-order valence-corrected chi connectivity index (χ3v) is 3.44. The number of alkyl halides is 1. The molecule has 1 atom stereocenters. The van der Waals surface area contributed by atoms with Crippen LogP contribution in [0.3, 0.4) is 0 Å². The maximum absolute atomic E-state index is 5.62. The molecule has 0 amide bonds. The first-order valence-corrected chi connectivity index (χ1v) is 6.28. The highest BCUT2D eigenvalue weighted by molar-refractivity contribution is 9.09. The molecular weight excluding hydrogens is 284 g/mol. The SMILES string of the molecule is CCC(Br)c1nnc(-c2ccccc2OC)o1. The van der Waals surface area contributed by atoms with Crippen LogP contribution in [0.5, 0.6) is 5.75 Å². The van der Waals surface area contributed by atoms with Crippen molar-refractivity contribution >= 4 is 15.9 Å². The van der Waals surface area contributed by atoms with Crippen LogP contribution >= 0.6 is 15.9 Å². The van der Waals surface area contributed by atoms with Crippen molar-refractivity contribution in [1.29, 1.82) is 0 Å². The van der Waals surface area contributed by atoms with E-state index in [-0.39, 0.29) is 4.83 Å². The van der Waals surface area contributed by atoms with E-state index >= 15 is 0 Å². The van der Waals surface area contributed by atoms with Crippen LogP contribution in [0.25, 0.3) is 11.5 Å². The predicted molar refractivity (Wildman–Crippen MR) is 68.2 cm³/mol. The highest BCUT2D eigenvalue weighted by Gasteiger charge is 2.16. The van der Waals surface area contributed by atoms with Gasteiger partial charge in [0, 0.05) is 0 Å². The average molecular weight is 297 g/mol. The molecule has 2 aromatic rings. The minimum absolute atomic E-state index is 0.0958. The number of para-hydroxylation sites is 1. The van der Waals surface area contributed by atoms with Gasteiger partial charge < -0.3 is 9.15 Å². The number of methoxy groups -OCH3 is 1. The minimum atomic E-state index is 0.0958. The van der Waals surface area contributed by atoms with E-state index in [1.54, 1.807) is 7.11 Å². The second kappa shape index (κ2) is 5.31. The van der Waals surface area contributed by atoms with E-state index in [2.05, 4.69) is 26.1 Å². The molecule has 2 rings (SSSR count). The van der Waals surface area contributed by atoms with Crippen LogP contribution in [-0.2, 0) is 0 Å². The summed E-state index contributed by atoms with van der Waals surface area (Å²) in [6.45, 7) is 2.05. The minimum Gasteiger partial charge on any atom is -0.496 e. The monoisotopic (exact) mass is 296 g/mol. The summed E-state index contributed by atoms with van der Waals surface area (Å²) in [5.74, 6) is 1.80. The second-order valence-electron chi connectivity index (χ2n) is 3.52. The van der Waals surface area contributed by atoms with Crippen molar-refractivity contribution in [2.75, 3.05) is 7.11 Å². The molecule has 0 aliphatic rings. The number of nitrogens with zero attached hydrogens (tertiary/aromatic N) is 2. The highest BCUT2D eigenvalue weighted by atomic mass is 79.9. The first-order valence-electron chi connectivity index (χ1n) is 5.37. The van der Waals surface area contributed by atoms with Crippen LogP contribution in [-0.4, -0.2) is 17.3 Å². The lowest BCUT2D eigenvalue weighted by Gasteiger charge is -2.03. The standard InChI is InChI=1S/C12H13BrN2O2/c1-3-9(13)12-15-14-11(17-12)8-6-4-5-7-10(8)16-2/h4-7,9H,3H2,1-2H3. The van der Waals surface area contributed by atoms with Gasteiger partial charge >= 0.3 is 0 Å². The van der Waals surface area contributed by atoms with Crippen LogP contribution in [0.4, 0.5) is 0 Å². The molecule has 0 saturated heterocycles. The molecule has 0 radical (unpaired) electrons. The first-order chi connectivity index (χ1) is 8.26. The Hall–Kier alpha value is -1.36. The fraction of sp³-hybridized carbons (Fsp3) is 0.333. The number of aromatic nitrogens is 2. The van der Waals surface area contributed by atoms with Crippen LogP contribution < -0.4 is 4.74 Å². The fourth-order valence-electron chi connectivity index (χ4n) is 1.47. The number of halogens is 1. The zero-order chi connectivity index (χ0) is 12.3. The lowest BCUT2D eigenvalue weighted by molar-refractivity contribution is 0.413. The van der Waals surface area contributed by atoms with Gasteiger partial charge in [-0.25, -0.2) is 0 Å². The van der Waals surface area contributed by atoms with Crippen molar-refractivity contribution in [2.24, 2.45) is 0 Å². The van der Waals surface area contributed by atoms with E-state index in [1.807, 2.05) is 31.2 Å².